The highest BCUT2D eigenvalue weighted by atomic mass is 32.2. The van der Waals surface area contributed by atoms with Crippen LogP contribution >= 0.6 is 0 Å². The average Bonchev–Trinajstić information content (AvgIpc) is 3.38. The Balaban J connectivity index is 1.90. The van der Waals surface area contributed by atoms with Crippen molar-refractivity contribution in [3.63, 3.8) is 0 Å². The Kier molecular flexibility index (Phi) is 11.4. The topological polar surface area (TPSA) is 146 Å². The zero-order valence-electron chi connectivity index (χ0n) is 25.2. The molecule has 4 N–H and O–H groups in total. The van der Waals surface area contributed by atoms with Crippen molar-refractivity contribution in [2.45, 2.75) is 69.9 Å². The van der Waals surface area contributed by atoms with Gasteiger partial charge in [-0.05, 0) is 42.5 Å². The maximum Gasteiger partial charge on any atom is 0.252 e. The zero-order chi connectivity index (χ0) is 31.1. The number of rotatable bonds is 13. The molecule has 1 heterocycles. The summed E-state index contributed by atoms with van der Waals surface area (Å²) in [5.74, 6) is -0.340. The van der Waals surface area contributed by atoms with Crippen LogP contribution in [0.3, 0.4) is 0 Å². The Bertz CT molecular complexity index is 1310. The molecule has 0 saturated carbocycles. The molecule has 0 spiro atoms. The predicted molar refractivity (Wildman–Crippen MR) is 159 cm³/mol. The van der Waals surface area contributed by atoms with Crippen LogP contribution in [-0.2, 0) is 25.8 Å². The number of benzene rings is 2. The number of hydrogen-bond acceptors (Lipinski definition) is 9. The molecule has 3 atom stereocenters. The second kappa shape index (κ2) is 14.3. The normalized spacial score (nSPS) is 15.2. The van der Waals surface area contributed by atoms with Gasteiger partial charge < -0.3 is 19.9 Å². The summed E-state index contributed by atoms with van der Waals surface area (Å²) in [5, 5.41) is 17.5. The van der Waals surface area contributed by atoms with Crippen LogP contribution in [0.1, 0.15) is 46.6 Å². The Hall–Kier alpha value is -3.19. The second-order valence-electron chi connectivity index (χ2n) is 12.0. The van der Waals surface area contributed by atoms with Crippen LogP contribution in [0.5, 0.6) is 11.5 Å². The van der Waals surface area contributed by atoms with E-state index in [4.69, 9.17) is 9.47 Å². The molecule has 3 rings (SSSR count). The lowest BCUT2D eigenvalue weighted by Gasteiger charge is -2.37. The lowest BCUT2D eigenvalue weighted by molar-refractivity contribution is -0.148. The molecule has 0 saturated heterocycles. The molecule has 0 fully saturated rings. The zero-order valence-corrected chi connectivity index (χ0v) is 26.0. The molecule has 2 aromatic rings. The first-order valence-corrected chi connectivity index (χ1v) is 15.6. The van der Waals surface area contributed by atoms with E-state index in [2.05, 4.69) is 16.1 Å². The number of nitrogens with one attached hydrogen (secondary N) is 3. The van der Waals surface area contributed by atoms with Crippen molar-refractivity contribution in [1.29, 1.82) is 0 Å². The summed E-state index contributed by atoms with van der Waals surface area (Å²) in [6.07, 6.45) is -0.899. The van der Waals surface area contributed by atoms with E-state index in [0.717, 1.165) is 5.56 Å². The fraction of sp³-hybridized carbons (Fsp3) is 0.533. The fourth-order valence-corrected chi connectivity index (χ4v) is 6.59. The molecule has 0 radical (unpaired) electrons. The van der Waals surface area contributed by atoms with Gasteiger partial charge in [0.1, 0.15) is 5.37 Å². The molecule has 2 aromatic carbocycles. The van der Waals surface area contributed by atoms with Gasteiger partial charge in [-0.15, -0.1) is 0 Å². The summed E-state index contributed by atoms with van der Waals surface area (Å²) in [5.41, 5.74) is 3.14. The van der Waals surface area contributed by atoms with Gasteiger partial charge in [0.15, 0.2) is 21.3 Å². The van der Waals surface area contributed by atoms with E-state index in [1.807, 2.05) is 51.1 Å². The minimum absolute atomic E-state index is 0.0228. The highest BCUT2D eigenvalue weighted by Crippen LogP contribution is 2.35. The summed E-state index contributed by atoms with van der Waals surface area (Å²) in [7, 11) is -2.29. The number of aliphatic hydroxyl groups excluding tert-OH is 1. The first-order chi connectivity index (χ1) is 19.7. The number of hydrazine groups is 1. The largest absolute Gasteiger partial charge is 0.454 e. The molecular formula is C30H44N4O7S. The van der Waals surface area contributed by atoms with Crippen LogP contribution in [-0.4, -0.2) is 74.8 Å². The molecule has 11 nitrogen and oxygen atoms in total. The Labute approximate surface area is 248 Å². The summed E-state index contributed by atoms with van der Waals surface area (Å²) in [6.45, 7) is 9.11. The van der Waals surface area contributed by atoms with E-state index in [9.17, 15) is 23.1 Å². The van der Waals surface area contributed by atoms with Gasteiger partial charge in [0.2, 0.25) is 12.7 Å². The fourth-order valence-electron chi connectivity index (χ4n) is 4.74. The van der Waals surface area contributed by atoms with Crippen LogP contribution in [0.15, 0.2) is 53.4 Å². The van der Waals surface area contributed by atoms with Gasteiger partial charge in [0.25, 0.3) is 5.91 Å². The standard InChI is InChI=1S/C30H44N4O7S/c1-20(2)29(42(38,39)22-12-13-25-26(15-22)41-19-40-25)32-17-24(35)23(14-21-10-8-7-9-11-21)34(33-27(36)18-31-6)28(37)16-30(3,4)5/h7-13,15,20,23-24,29,31-32,35H,14,16-19H2,1-6H3,(H,33,36)/t23-,24+,29?/m0/s1. The molecule has 1 unspecified atom stereocenters. The van der Waals surface area contributed by atoms with Crippen molar-refractivity contribution in [2.24, 2.45) is 11.3 Å². The summed E-state index contributed by atoms with van der Waals surface area (Å²) < 4.78 is 38.1. The number of hydrogen-bond donors (Lipinski definition) is 4. The number of amides is 2. The van der Waals surface area contributed by atoms with Crippen molar-refractivity contribution in [2.75, 3.05) is 26.9 Å². The van der Waals surface area contributed by atoms with Gasteiger partial charge in [-0.2, -0.15) is 0 Å². The van der Waals surface area contributed by atoms with Gasteiger partial charge in [-0.3, -0.25) is 20.3 Å². The highest BCUT2D eigenvalue weighted by molar-refractivity contribution is 7.92. The quantitative estimate of drug-likeness (QED) is 0.253. The van der Waals surface area contributed by atoms with Crippen molar-refractivity contribution < 1.29 is 32.6 Å². The van der Waals surface area contributed by atoms with Crippen molar-refractivity contribution >= 4 is 21.7 Å². The van der Waals surface area contributed by atoms with Crippen LogP contribution in [0.25, 0.3) is 0 Å². The van der Waals surface area contributed by atoms with E-state index < -0.39 is 33.3 Å². The van der Waals surface area contributed by atoms with Gasteiger partial charge >= 0.3 is 0 Å². The molecule has 0 bridgehead atoms. The minimum atomic E-state index is -3.91. The SMILES string of the molecule is CNCC(=O)NN(C(=O)CC(C)(C)C)[C@@H](Cc1ccccc1)[C@H](O)CNC(C(C)C)S(=O)(=O)c1ccc2c(c1)OCO2. The van der Waals surface area contributed by atoms with Gasteiger partial charge in [0.05, 0.1) is 23.6 Å². The molecule has 1 aliphatic rings. The van der Waals surface area contributed by atoms with E-state index >= 15 is 0 Å². The average molecular weight is 605 g/mol. The van der Waals surface area contributed by atoms with Gasteiger partial charge in [-0.25, -0.2) is 13.4 Å². The van der Waals surface area contributed by atoms with Gasteiger partial charge in [-0.1, -0.05) is 65.0 Å². The Morgan fingerprint density at radius 2 is 1.71 bits per heavy atom. The van der Waals surface area contributed by atoms with E-state index in [1.165, 1.54) is 17.1 Å². The number of sulfone groups is 1. The van der Waals surface area contributed by atoms with E-state index in [-0.39, 0.29) is 54.9 Å². The van der Waals surface area contributed by atoms with Crippen LogP contribution in [0.2, 0.25) is 0 Å². The summed E-state index contributed by atoms with van der Waals surface area (Å²) >= 11 is 0. The maximum atomic E-state index is 13.7. The van der Waals surface area contributed by atoms with Crippen LogP contribution in [0.4, 0.5) is 0 Å². The molecule has 232 valence electrons. The molecule has 2 amide bonds. The number of carbonyl (C=O) groups is 2. The number of carbonyl (C=O) groups excluding carboxylic acids is 2. The lowest BCUT2D eigenvalue weighted by Crippen LogP contribution is -2.60. The summed E-state index contributed by atoms with van der Waals surface area (Å²) in [6, 6.07) is 12.9. The third-order valence-electron chi connectivity index (χ3n) is 6.74. The lowest BCUT2D eigenvalue weighted by atomic mass is 9.91. The molecule has 1 aliphatic heterocycles. The molecule has 0 aromatic heterocycles. The second-order valence-corrected chi connectivity index (χ2v) is 14.1. The third kappa shape index (κ3) is 8.90. The van der Waals surface area contributed by atoms with E-state index in [0.29, 0.717) is 11.5 Å². The highest BCUT2D eigenvalue weighted by Gasteiger charge is 2.36. The molecule has 0 aliphatic carbocycles. The van der Waals surface area contributed by atoms with Gasteiger partial charge in [0, 0.05) is 19.0 Å². The first kappa shape index (κ1) is 33.3. The van der Waals surface area contributed by atoms with Crippen LogP contribution < -0.4 is 25.5 Å². The summed E-state index contributed by atoms with van der Waals surface area (Å²) in [4.78, 5) is 26.3. The Morgan fingerprint density at radius 3 is 2.33 bits per heavy atom. The number of nitrogens with zero attached hydrogens (tertiary/aromatic N) is 1. The van der Waals surface area contributed by atoms with Crippen molar-refractivity contribution in [1.82, 2.24) is 21.1 Å². The first-order valence-electron chi connectivity index (χ1n) is 14.1. The van der Waals surface area contributed by atoms with Crippen molar-refractivity contribution in [3.8, 4) is 11.5 Å². The maximum absolute atomic E-state index is 13.7. The monoisotopic (exact) mass is 604 g/mol. The number of fused-ring (bicyclic) bond motifs is 1. The predicted octanol–water partition coefficient (Wildman–Crippen LogP) is 2.25. The number of likely N-dealkylation sites (N-methyl/N-ethyl adjacent to an activating group) is 1. The minimum Gasteiger partial charge on any atom is -0.454 e. The Morgan fingerprint density at radius 1 is 1.05 bits per heavy atom. The third-order valence-corrected chi connectivity index (χ3v) is 9.03. The molecule has 12 heteroatoms. The van der Waals surface area contributed by atoms with Crippen LogP contribution in [0, 0.1) is 11.3 Å². The molecule has 42 heavy (non-hydrogen) atoms. The number of ether oxygens (including phenoxy) is 2. The van der Waals surface area contributed by atoms with E-state index in [1.54, 1.807) is 27.0 Å². The van der Waals surface area contributed by atoms with Crippen molar-refractivity contribution in [3.05, 3.63) is 54.1 Å². The smallest absolute Gasteiger partial charge is 0.252 e. The number of aliphatic hydroxyl groups is 1. The molecular weight excluding hydrogens is 560 g/mol.